The van der Waals surface area contributed by atoms with Crippen molar-refractivity contribution in [3.05, 3.63) is 57.2 Å². The van der Waals surface area contributed by atoms with E-state index in [4.69, 9.17) is 21.6 Å². The molecule has 0 bridgehead atoms. The van der Waals surface area contributed by atoms with Crippen molar-refractivity contribution in [3.8, 4) is 11.8 Å². The Bertz CT molecular complexity index is 835. The third-order valence-corrected chi connectivity index (χ3v) is 3.41. The molecule has 1 aromatic heterocycles. The molecule has 0 saturated carbocycles. The highest BCUT2D eigenvalue weighted by molar-refractivity contribution is 6.34. The van der Waals surface area contributed by atoms with E-state index in [1.807, 2.05) is 6.07 Å². The zero-order valence-electron chi connectivity index (χ0n) is 12.9. The van der Waals surface area contributed by atoms with Gasteiger partial charge in [0.15, 0.2) is 11.6 Å². The van der Waals surface area contributed by atoms with Crippen molar-refractivity contribution in [3.63, 3.8) is 0 Å². The molecule has 0 aliphatic rings. The number of carbonyl (C=O) groups is 1. The Morgan fingerprint density at radius 3 is 2.92 bits per heavy atom. The van der Waals surface area contributed by atoms with Crippen LogP contribution in [0.25, 0.3) is 0 Å². The Hall–Kier alpha value is -3.18. The van der Waals surface area contributed by atoms with Crippen LogP contribution in [0.15, 0.2) is 36.5 Å². The Balaban J connectivity index is 2.13. The van der Waals surface area contributed by atoms with Crippen LogP contribution in [0.3, 0.4) is 0 Å². The lowest BCUT2D eigenvalue weighted by Crippen LogP contribution is -2.15. The van der Waals surface area contributed by atoms with E-state index in [-0.39, 0.29) is 22.1 Å². The van der Waals surface area contributed by atoms with Crippen molar-refractivity contribution in [2.24, 2.45) is 0 Å². The van der Waals surface area contributed by atoms with Gasteiger partial charge in [0.2, 0.25) is 0 Å². The van der Waals surface area contributed by atoms with E-state index in [0.717, 1.165) is 6.07 Å². The largest absolute Gasteiger partial charge is 0.490 e. The summed E-state index contributed by atoms with van der Waals surface area (Å²) < 4.78 is 5.51. The van der Waals surface area contributed by atoms with Gasteiger partial charge in [-0.05, 0) is 24.6 Å². The highest BCUT2D eigenvalue weighted by Crippen LogP contribution is 2.25. The Labute approximate surface area is 148 Å². The number of benzene rings is 1. The molecule has 8 nitrogen and oxygen atoms in total. The summed E-state index contributed by atoms with van der Waals surface area (Å²) in [5, 5.41) is 21.8. The summed E-state index contributed by atoms with van der Waals surface area (Å²) in [6.45, 7) is 0.306. The second-order valence-corrected chi connectivity index (χ2v) is 5.24. The minimum absolute atomic E-state index is 0.0425. The Morgan fingerprint density at radius 2 is 2.24 bits per heavy atom. The molecule has 0 spiro atoms. The number of pyridine rings is 1. The standard InChI is InChI=1S/C16H13ClN4O4/c17-13-10-11(21(23)24)5-6-12(13)16(22)20-15-14(4-3-8-19-15)25-9-2-1-7-18/h3-6,8,10H,1-2,9H2,(H,19,20,22). The topological polar surface area (TPSA) is 118 Å². The maximum Gasteiger partial charge on any atom is 0.270 e. The number of hydrogen-bond acceptors (Lipinski definition) is 6. The Morgan fingerprint density at radius 1 is 1.44 bits per heavy atom. The van der Waals surface area contributed by atoms with Crippen LogP contribution in [-0.2, 0) is 0 Å². The van der Waals surface area contributed by atoms with E-state index in [1.54, 1.807) is 12.1 Å². The number of anilines is 1. The first-order valence-electron chi connectivity index (χ1n) is 7.23. The Kier molecular flexibility index (Phi) is 6.26. The van der Waals surface area contributed by atoms with Crippen molar-refractivity contribution in [1.29, 1.82) is 5.26 Å². The van der Waals surface area contributed by atoms with Crippen molar-refractivity contribution >= 4 is 29.0 Å². The van der Waals surface area contributed by atoms with E-state index < -0.39 is 10.8 Å². The number of rotatable bonds is 7. The number of nitrogens with zero attached hydrogens (tertiary/aromatic N) is 3. The first-order valence-corrected chi connectivity index (χ1v) is 7.60. The molecule has 0 saturated heterocycles. The number of hydrogen-bond donors (Lipinski definition) is 1. The lowest BCUT2D eigenvalue weighted by Gasteiger charge is -2.11. The molecule has 128 valence electrons. The van der Waals surface area contributed by atoms with E-state index in [1.165, 1.54) is 18.3 Å². The maximum absolute atomic E-state index is 12.3. The van der Waals surface area contributed by atoms with E-state index >= 15 is 0 Å². The highest BCUT2D eigenvalue weighted by atomic mass is 35.5. The number of carbonyl (C=O) groups excluding carboxylic acids is 1. The van der Waals surface area contributed by atoms with Gasteiger partial charge >= 0.3 is 0 Å². The van der Waals surface area contributed by atoms with E-state index in [2.05, 4.69) is 10.3 Å². The van der Waals surface area contributed by atoms with Gasteiger partial charge in [0, 0.05) is 24.8 Å². The van der Waals surface area contributed by atoms with Crippen LogP contribution in [0.4, 0.5) is 11.5 Å². The van der Waals surface area contributed by atoms with Gasteiger partial charge in [0.25, 0.3) is 11.6 Å². The van der Waals surface area contributed by atoms with Crippen molar-refractivity contribution < 1.29 is 14.5 Å². The third kappa shape index (κ3) is 4.89. The number of nitrogens with one attached hydrogen (secondary N) is 1. The van der Waals surface area contributed by atoms with Gasteiger partial charge in [0.1, 0.15) is 0 Å². The fourth-order valence-corrected chi connectivity index (χ4v) is 2.17. The highest BCUT2D eigenvalue weighted by Gasteiger charge is 2.17. The smallest absolute Gasteiger partial charge is 0.270 e. The monoisotopic (exact) mass is 360 g/mol. The molecular formula is C16H13ClN4O4. The van der Waals surface area contributed by atoms with Crippen LogP contribution < -0.4 is 10.1 Å². The molecule has 2 aromatic rings. The van der Waals surface area contributed by atoms with Gasteiger partial charge < -0.3 is 10.1 Å². The number of nitro benzene ring substituents is 1. The van der Waals surface area contributed by atoms with E-state index in [0.29, 0.717) is 25.2 Å². The summed E-state index contributed by atoms with van der Waals surface area (Å²) in [7, 11) is 0. The van der Waals surface area contributed by atoms with Crippen molar-refractivity contribution in [2.75, 3.05) is 11.9 Å². The van der Waals surface area contributed by atoms with Crippen LogP contribution in [0.5, 0.6) is 5.75 Å². The van der Waals surface area contributed by atoms with Crippen molar-refractivity contribution in [1.82, 2.24) is 4.98 Å². The molecule has 1 aromatic carbocycles. The number of aromatic nitrogens is 1. The molecular weight excluding hydrogens is 348 g/mol. The zero-order valence-corrected chi connectivity index (χ0v) is 13.7. The average molecular weight is 361 g/mol. The van der Waals surface area contributed by atoms with Crippen molar-refractivity contribution in [2.45, 2.75) is 12.8 Å². The maximum atomic E-state index is 12.3. The molecule has 1 heterocycles. The molecule has 0 aliphatic heterocycles. The molecule has 2 rings (SSSR count). The minimum atomic E-state index is -0.598. The predicted molar refractivity (Wildman–Crippen MR) is 90.6 cm³/mol. The molecule has 1 N–H and O–H groups in total. The first-order chi connectivity index (χ1) is 12.0. The molecule has 0 fully saturated rings. The zero-order chi connectivity index (χ0) is 18.2. The molecule has 0 unspecified atom stereocenters. The molecule has 0 atom stereocenters. The molecule has 25 heavy (non-hydrogen) atoms. The van der Waals surface area contributed by atoms with Gasteiger partial charge in [-0.25, -0.2) is 4.98 Å². The van der Waals surface area contributed by atoms with Crippen LogP contribution in [0.2, 0.25) is 5.02 Å². The first kappa shape index (κ1) is 18.2. The lowest BCUT2D eigenvalue weighted by molar-refractivity contribution is -0.384. The normalized spacial score (nSPS) is 9.92. The second-order valence-electron chi connectivity index (χ2n) is 4.84. The predicted octanol–water partition coefficient (Wildman–Crippen LogP) is 3.58. The number of halogens is 1. The molecule has 0 aliphatic carbocycles. The number of non-ortho nitro benzene ring substituents is 1. The average Bonchev–Trinajstić information content (AvgIpc) is 2.59. The third-order valence-electron chi connectivity index (χ3n) is 3.10. The summed E-state index contributed by atoms with van der Waals surface area (Å²) in [5.41, 5.74) is -0.130. The second kappa shape index (κ2) is 8.61. The number of ether oxygens (including phenoxy) is 1. The fraction of sp³-hybridized carbons (Fsp3) is 0.188. The number of nitro groups is 1. The fourth-order valence-electron chi connectivity index (χ4n) is 1.91. The number of amides is 1. The molecule has 0 radical (unpaired) electrons. The van der Waals surface area contributed by atoms with Gasteiger partial charge in [-0.2, -0.15) is 5.26 Å². The SMILES string of the molecule is N#CCCCOc1cccnc1NC(=O)c1ccc([N+](=O)[O-])cc1Cl. The van der Waals surface area contributed by atoms with Crippen LogP contribution in [-0.4, -0.2) is 22.4 Å². The summed E-state index contributed by atoms with van der Waals surface area (Å²) in [4.78, 5) is 26.5. The van der Waals surface area contributed by atoms with Gasteiger partial charge in [-0.15, -0.1) is 0 Å². The molecule has 9 heteroatoms. The summed E-state index contributed by atoms with van der Waals surface area (Å²) >= 11 is 5.95. The van der Waals surface area contributed by atoms with Crippen LogP contribution in [0.1, 0.15) is 23.2 Å². The number of nitriles is 1. The molecule has 1 amide bonds. The summed E-state index contributed by atoms with van der Waals surface area (Å²) in [5.74, 6) is -0.0221. The minimum Gasteiger partial charge on any atom is -0.490 e. The van der Waals surface area contributed by atoms with Gasteiger partial charge in [0.05, 0.1) is 28.2 Å². The lowest BCUT2D eigenvalue weighted by atomic mass is 10.2. The quantitative estimate of drug-likeness (QED) is 0.458. The van der Waals surface area contributed by atoms with Gasteiger partial charge in [-0.1, -0.05) is 11.6 Å². The van der Waals surface area contributed by atoms with Crippen LogP contribution in [0, 0.1) is 21.4 Å². The summed E-state index contributed by atoms with van der Waals surface area (Å²) in [6, 6.07) is 8.86. The number of unbranched alkanes of at least 4 members (excludes halogenated alkanes) is 1. The summed E-state index contributed by atoms with van der Waals surface area (Å²) in [6.07, 6.45) is 2.39. The van der Waals surface area contributed by atoms with Crippen LogP contribution >= 0.6 is 11.6 Å². The van der Waals surface area contributed by atoms with Gasteiger partial charge in [-0.3, -0.25) is 14.9 Å². The van der Waals surface area contributed by atoms with E-state index in [9.17, 15) is 14.9 Å².